The second-order valence-corrected chi connectivity index (χ2v) is 3.95. The molecule has 0 unspecified atom stereocenters. The lowest BCUT2D eigenvalue weighted by Gasteiger charge is -1.94. The minimum atomic E-state index is -0.472. The molecule has 0 atom stereocenters. The molecule has 2 rings (SSSR count). The topological polar surface area (TPSA) is 78.0 Å². The van der Waals surface area contributed by atoms with E-state index in [1.54, 1.807) is 31.5 Å². The fourth-order valence-electron chi connectivity index (χ4n) is 1.56. The predicted molar refractivity (Wildman–Crippen MR) is 69.7 cm³/mol. The second kappa shape index (κ2) is 5.26. The van der Waals surface area contributed by atoms with Crippen LogP contribution >= 0.6 is 0 Å². The summed E-state index contributed by atoms with van der Waals surface area (Å²) in [6, 6.07) is 6.08. The zero-order valence-corrected chi connectivity index (χ0v) is 10.2. The maximum atomic E-state index is 11.8. The van der Waals surface area contributed by atoms with Gasteiger partial charge in [0.1, 0.15) is 0 Å². The number of aryl methyl sites for hydroxylation is 1. The normalized spacial score (nSPS) is 10.8. The summed E-state index contributed by atoms with van der Waals surface area (Å²) in [5, 5.41) is 14.5. The molecule has 1 aromatic carbocycles. The summed E-state index contributed by atoms with van der Waals surface area (Å²) < 4.78 is 1.54. The molecule has 0 saturated carbocycles. The molecule has 0 spiro atoms. The first-order chi connectivity index (χ1) is 9.06. The standard InChI is InChI=1S/C13H11N3O3/c1-15-9-11(8-14-15)13(17)6-5-10-3-2-4-12(7-10)16(18)19/h2-9H,1H3. The monoisotopic (exact) mass is 257 g/mol. The van der Waals surface area contributed by atoms with Gasteiger partial charge < -0.3 is 0 Å². The largest absolute Gasteiger partial charge is 0.289 e. The fraction of sp³-hybridized carbons (Fsp3) is 0.0769. The molecule has 0 aliphatic carbocycles. The van der Waals surface area contributed by atoms with E-state index in [-0.39, 0.29) is 11.5 Å². The van der Waals surface area contributed by atoms with Gasteiger partial charge in [0.05, 0.1) is 16.7 Å². The van der Waals surface area contributed by atoms with Crippen LogP contribution in [-0.4, -0.2) is 20.5 Å². The van der Waals surface area contributed by atoms with Crippen molar-refractivity contribution in [2.45, 2.75) is 0 Å². The van der Waals surface area contributed by atoms with Crippen LogP contribution in [0.15, 0.2) is 42.7 Å². The summed E-state index contributed by atoms with van der Waals surface area (Å²) >= 11 is 0. The van der Waals surface area contributed by atoms with Crippen molar-refractivity contribution in [3.8, 4) is 0 Å². The van der Waals surface area contributed by atoms with Crippen LogP contribution in [0.2, 0.25) is 0 Å². The van der Waals surface area contributed by atoms with Crippen LogP contribution in [0, 0.1) is 10.1 Å². The number of hydrogen-bond acceptors (Lipinski definition) is 4. The summed E-state index contributed by atoms with van der Waals surface area (Å²) in [6.45, 7) is 0. The van der Waals surface area contributed by atoms with Gasteiger partial charge in [-0.05, 0) is 11.6 Å². The number of ketones is 1. The molecule has 1 heterocycles. The van der Waals surface area contributed by atoms with E-state index in [0.717, 1.165) is 0 Å². The Bertz CT molecular complexity index is 659. The molecule has 0 fully saturated rings. The number of nitro benzene ring substituents is 1. The van der Waals surface area contributed by atoms with Crippen LogP contribution in [-0.2, 0) is 7.05 Å². The van der Waals surface area contributed by atoms with Crippen LogP contribution < -0.4 is 0 Å². The molecule has 0 radical (unpaired) electrons. The highest BCUT2D eigenvalue weighted by molar-refractivity contribution is 6.06. The number of rotatable bonds is 4. The van der Waals surface area contributed by atoms with E-state index in [1.165, 1.54) is 29.1 Å². The molecule has 0 amide bonds. The van der Waals surface area contributed by atoms with Gasteiger partial charge in [0.25, 0.3) is 5.69 Å². The Morgan fingerprint density at radius 3 is 2.89 bits per heavy atom. The summed E-state index contributed by atoms with van der Waals surface area (Å²) in [7, 11) is 1.72. The van der Waals surface area contributed by atoms with Crippen molar-refractivity contribution in [1.82, 2.24) is 9.78 Å². The minimum Gasteiger partial charge on any atom is -0.289 e. The molecule has 0 saturated heterocycles. The number of allylic oxidation sites excluding steroid dienone is 1. The molecule has 1 aromatic heterocycles. The maximum Gasteiger partial charge on any atom is 0.270 e. The van der Waals surface area contributed by atoms with Gasteiger partial charge in [-0.3, -0.25) is 19.6 Å². The number of aromatic nitrogens is 2. The summed E-state index contributed by atoms with van der Waals surface area (Å²) in [6.07, 6.45) is 6.00. The number of nitrogens with zero attached hydrogens (tertiary/aromatic N) is 3. The zero-order valence-electron chi connectivity index (χ0n) is 10.2. The van der Waals surface area contributed by atoms with Crippen molar-refractivity contribution in [1.29, 1.82) is 0 Å². The molecular formula is C13H11N3O3. The lowest BCUT2D eigenvalue weighted by atomic mass is 10.1. The number of non-ortho nitro benzene ring substituents is 1. The van der Waals surface area contributed by atoms with Gasteiger partial charge in [0.15, 0.2) is 5.78 Å². The molecular weight excluding hydrogens is 246 g/mol. The zero-order chi connectivity index (χ0) is 13.8. The van der Waals surface area contributed by atoms with Crippen LogP contribution in [0.4, 0.5) is 5.69 Å². The number of carbonyl (C=O) groups is 1. The van der Waals surface area contributed by atoms with E-state index in [9.17, 15) is 14.9 Å². The Morgan fingerprint density at radius 1 is 1.47 bits per heavy atom. The quantitative estimate of drug-likeness (QED) is 0.364. The average molecular weight is 257 g/mol. The summed E-state index contributed by atoms with van der Waals surface area (Å²) in [5.41, 5.74) is 1.08. The lowest BCUT2D eigenvalue weighted by molar-refractivity contribution is -0.384. The highest BCUT2D eigenvalue weighted by Gasteiger charge is 2.06. The summed E-state index contributed by atoms with van der Waals surface area (Å²) in [5.74, 6) is -0.195. The van der Waals surface area contributed by atoms with Crippen molar-refractivity contribution in [3.63, 3.8) is 0 Å². The molecule has 19 heavy (non-hydrogen) atoms. The smallest absolute Gasteiger partial charge is 0.270 e. The highest BCUT2D eigenvalue weighted by atomic mass is 16.6. The molecule has 0 bridgehead atoms. The van der Waals surface area contributed by atoms with E-state index < -0.39 is 4.92 Å². The molecule has 6 nitrogen and oxygen atoms in total. The molecule has 96 valence electrons. The first kappa shape index (κ1) is 12.7. The molecule has 2 aromatic rings. The van der Waals surface area contributed by atoms with E-state index in [0.29, 0.717) is 11.1 Å². The average Bonchev–Trinajstić information content (AvgIpc) is 2.83. The Kier molecular flexibility index (Phi) is 3.51. The van der Waals surface area contributed by atoms with Gasteiger partial charge in [-0.25, -0.2) is 0 Å². The van der Waals surface area contributed by atoms with Crippen LogP contribution in [0.1, 0.15) is 15.9 Å². The third kappa shape index (κ3) is 3.12. The summed E-state index contributed by atoms with van der Waals surface area (Å²) in [4.78, 5) is 21.9. The van der Waals surface area contributed by atoms with Crippen molar-refractivity contribution in [2.75, 3.05) is 0 Å². The van der Waals surface area contributed by atoms with Gasteiger partial charge in [-0.15, -0.1) is 0 Å². The molecule has 0 aliphatic heterocycles. The predicted octanol–water partition coefficient (Wildman–Crippen LogP) is 2.22. The van der Waals surface area contributed by atoms with E-state index in [1.807, 2.05) is 0 Å². The Morgan fingerprint density at radius 2 is 2.26 bits per heavy atom. The van der Waals surface area contributed by atoms with Crippen molar-refractivity contribution in [3.05, 3.63) is 64.0 Å². The third-order valence-corrected chi connectivity index (χ3v) is 2.50. The van der Waals surface area contributed by atoms with Gasteiger partial charge in [0, 0.05) is 25.4 Å². The molecule has 6 heteroatoms. The van der Waals surface area contributed by atoms with Gasteiger partial charge in [-0.1, -0.05) is 18.2 Å². The van der Waals surface area contributed by atoms with Crippen molar-refractivity contribution >= 4 is 17.5 Å². The number of carbonyl (C=O) groups excluding carboxylic acids is 1. The van der Waals surface area contributed by atoms with Crippen molar-refractivity contribution < 1.29 is 9.72 Å². The molecule has 0 N–H and O–H groups in total. The van der Waals surface area contributed by atoms with Crippen molar-refractivity contribution in [2.24, 2.45) is 7.05 Å². The second-order valence-electron chi connectivity index (χ2n) is 3.95. The first-order valence-electron chi connectivity index (χ1n) is 5.52. The number of hydrogen-bond donors (Lipinski definition) is 0. The fourth-order valence-corrected chi connectivity index (χ4v) is 1.56. The third-order valence-electron chi connectivity index (χ3n) is 2.50. The van der Waals surface area contributed by atoms with Gasteiger partial charge in [-0.2, -0.15) is 5.10 Å². The van der Waals surface area contributed by atoms with Crippen LogP contribution in [0.5, 0.6) is 0 Å². The Balaban J connectivity index is 2.16. The number of nitro groups is 1. The lowest BCUT2D eigenvalue weighted by Crippen LogP contribution is -1.92. The molecule has 0 aliphatic rings. The van der Waals surface area contributed by atoms with E-state index >= 15 is 0 Å². The van der Waals surface area contributed by atoms with E-state index in [4.69, 9.17) is 0 Å². The first-order valence-corrected chi connectivity index (χ1v) is 5.52. The van der Waals surface area contributed by atoms with Gasteiger partial charge in [0.2, 0.25) is 0 Å². The highest BCUT2D eigenvalue weighted by Crippen LogP contribution is 2.14. The van der Waals surface area contributed by atoms with Gasteiger partial charge >= 0.3 is 0 Å². The minimum absolute atomic E-state index is 0.00373. The van der Waals surface area contributed by atoms with E-state index in [2.05, 4.69) is 5.10 Å². The Hall–Kier alpha value is -2.76. The maximum absolute atomic E-state index is 11.8. The number of benzene rings is 1. The Labute approximate surface area is 109 Å². The van der Waals surface area contributed by atoms with Crippen LogP contribution in [0.3, 0.4) is 0 Å². The van der Waals surface area contributed by atoms with Crippen LogP contribution in [0.25, 0.3) is 6.08 Å². The SMILES string of the molecule is Cn1cc(C(=O)C=Cc2cccc([N+](=O)[O-])c2)cn1.